The van der Waals surface area contributed by atoms with Crippen LogP contribution in [0.1, 0.15) is 79.1 Å². The van der Waals surface area contributed by atoms with Gasteiger partial charge in [0.25, 0.3) is 12.9 Å². The van der Waals surface area contributed by atoms with E-state index < -0.39 is 0 Å². The summed E-state index contributed by atoms with van der Waals surface area (Å²) in [6, 6.07) is 0. The molecule has 22 heavy (non-hydrogen) atoms. The molecule has 0 aromatic carbocycles. The topological polar surface area (TPSA) is 52.6 Å². The van der Waals surface area contributed by atoms with Gasteiger partial charge >= 0.3 is 0 Å². The van der Waals surface area contributed by atoms with Crippen molar-refractivity contribution >= 4 is 12.9 Å². The van der Waals surface area contributed by atoms with Crippen LogP contribution >= 0.6 is 0 Å². The Labute approximate surface area is 136 Å². The quantitative estimate of drug-likeness (QED) is 0.434. The summed E-state index contributed by atoms with van der Waals surface area (Å²) in [7, 11) is 0. The summed E-state index contributed by atoms with van der Waals surface area (Å²) in [5, 5.41) is 0. The molecule has 0 aliphatic heterocycles. The predicted molar refractivity (Wildman–Crippen MR) is 90.6 cm³/mol. The van der Waals surface area contributed by atoms with Crippen molar-refractivity contribution in [1.29, 1.82) is 0 Å². The molecule has 0 N–H and O–H groups in total. The molecule has 0 aliphatic rings. The Morgan fingerprint density at radius 3 is 1.32 bits per heavy atom. The lowest BCUT2D eigenvalue weighted by atomic mass is 10.0. The zero-order valence-corrected chi connectivity index (χ0v) is 15.0. The minimum atomic E-state index is 0.536. The van der Waals surface area contributed by atoms with E-state index in [-0.39, 0.29) is 0 Å². The van der Waals surface area contributed by atoms with Crippen LogP contribution in [-0.2, 0) is 19.1 Å². The smallest absolute Gasteiger partial charge is 0.293 e. The highest BCUT2D eigenvalue weighted by Crippen LogP contribution is 2.12. The molecule has 0 aromatic rings. The van der Waals surface area contributed by atoms with Crippen LogP contribution in [0.3, 0.4) is 0 Å². The lowest BCUT2D eigenvalue weighted by Gasteiger charge is -2.11. The highest BCUT2D eigenvalue weighted by atomic mass is 16.5. The van der Waals surface area contributed by atoms with Gasteiger partial charge in [-0.25, -0.2) is 0 Å². The third-order valence-electron chi connectivity index (χ3n) is 3.89. The number of hydrogen-bond acceptors (Lipinski definition) is 4. The SMILES string of the molecule is CCCCC(CC)COC=O.CCCCC(CC)COC=O. The van der Waals surface area contributed by atoms with Gasteiger partial charge in [0.1, 0.15) is 0 Å². The maximum atomic E-state index is 9.88. The molecular formula is C18H36O4. The molecular weight excluding hydrogens is 280 g/mol. The Kier molecular flexibility index (Phi) is 21.0. The number of rotatable bonds is 14. The summed E-state index contributed by atoms with van der Waals surface area (Å²) in [5.74, 6) is 1.14. The highest BCUT2D eigenvalue weighted by Gasteiger charge is 2.05. The van der Waals surface area contributed by atoms with Crippen molar-refractivity contribution in [1.82, 2.24) is 0 Å². The van der Waals surface area contributed by atoms with E-state index in [1.54, 1.807) is 0 Å². The number of carbonyl (C=O) groups is 2. The Hall–Kier alpha value is -1.06. The Balaban J connectivity index is 0. The molecule has 4 heteroatoms. The molecule has 132 valence electrons. The molecule has 0 fully saturated rings. The molecule has 0 saturated carbocycles. The van der Waals surface area contributed by atoms with Gasteiger partial charge in [-0.1, -0.05) is 66.2 Å². The molecule has 0 bridgehead atoms. The fraction of sp³-hybridized carbons (Fsp3) is 0.889. The molecule has 2 unspecified atom stereocenters. The van der Waals surface area contributed by atoms with Crippen LogP contribution in [0.4, 0.5) is 0 Å². The van der Waals surface area contributed by atoms with E-state index in [1.165, 1.54) is 38.5 Å². The molecule has 4 nitrogen and oxygen atoms in total. The number of carbonyl (C=O) groups excluding carboxylic acids is 2. The van der Waals surface area contributed by atoms with E-state index in [2.05, 4.69) is 27.7 Å². The highest BCUT2D eigenvalue weighted by molar-refractivity contribution is 5.37. The molecule has 0 aliphatic carbocycles. The summed E-state index contributed by atoms with van der Waals surface area (Å²) in [5.41, 5.74) is 0. The molecule has 0 radical (unpaired) electrons. The van der Waals surface area contributed by atoms with Crippen molar-refractivity contribution in [3.8, 4) is 0 Å². The van der Waals surface area contributed by atoms with Gasteiger partial charge in [-0.3, -0.25) is 9.59 Å². The van der Waals surface area contributed by atoms with E-state index in [1.807, 2.05) is 0 Å². The summed E-state index contributed by atoms with van der Waals surface area (Å²) in [6.45, 7) is 10.9. The summed E-state index contributed by atoms with van der Waals surface area (Å²) in [6.07, 6.45) is 9.49. The Morgan fingerprint density at radius 1 is 0.727 bits per heavy atom. The van der Waals surface area contributed by atoms with Gasteiger partial charge in [0.2, 0.25) is 0 Å². The first kappa shape index (κ1) is 23.2. The van der Waals surface area contributed by atoms with Crippen LogP contribution in [0.25, 0.3) is 0 Å². The maximum absolute atomic E-state index is 9.88. The second kappa shape index (κ2) is 19.9. The van der Waals surface area contributed by atoms with Crippen molar-refractivity contribution in [3.05, 3.63) is 0 Å². The van der Waals surface area contributed by atoms with Gasteiger partial charge in [-0.2, -0.15) is 0 Å². The Bertz CT molecular complexity index is 207. The van der Waals surface area contributed by atoms with Gasteiger partial charge < -0.3 is 9.47 Å². The van der Waals surface area contributed by atoms with Crippen LogP contribution in [0, 0.1) is 11.8 Å². The van der Waals surface area contributed by atoms with Gasteiger partial charge in [0.15, 0.2) is 0 Å². The van der Waals surface area contributed by atoms with Crippen LogP contribution in [0.2, 0.25) is 0 Å². The lowest BCUT2D eigenvalue weighted by molar-refractivity contribution is -0.130. The average Bonchev–Trinajstić information content (AvgIpc) is 2.56. The standard InChI is InChI=1S/2C9H18O2/c2*1-3-5-6-9(4-2)7-11-8-10/h2*8-9H,3-7H2,1-2H3. The van der Waals surface area contributed by atoms with Gasteiger partial charge in [0.05, 0.1) is 13.2 Å². The van der Waals surface area contributed by atoms with Crippen molar-refractivity contribution in [2.75, 3.05) is 13.2 Å². The number of hydrogen-bond donors (Lipinski definition) is 0. The molecule has 0 saturated heterocycles. The van der Waals surface area contributed by atoms with Crippen LogP contribution < -0.4 is 0 Å². The maximum Gasteiger partial charge on any atom is 0.293 e. The molecule has 0 aromatic heterocycles. The van der Waals surface area contributed by atoms with E-state index in [9.17, 15) is 9.59 Å². The first-order chi connectivity index (χ1) is 10.7. The fourth-order valence-electron chi connectivity index (χ4n) is 2.15. The molecule has 0 amide bonds. The third kappa shape index (κ3) is 17.0. The molecule has 0 rings (SSSR count). The van der Waals surface area contributed by atoms with Crippen molar-refractivity contribution in [3.63, 3.8) is 0 Å². The zero-order valence-electron chi connectivity index (χ0n) is 15.0. The predicted octanol–water partition coefficient (Wildman–Crippen LogP) is 4.75. The van der Waals surface area contributed by atoms with Crippen LogP contribution in [0.5, 0.6) is 0 Å². The van der Waals surface area contributed by atoms with Crippen LogP contribution in [0.15, 0.2) is 0 Å². The van der Waals surface area contributed by atoms with E-state index in [4.69, 9.17) is 9.47 Å². The fourth-order valence-corrected chi connectivity index (χ4v) is 2.15. The summed E-state index contributed by atoms with van der Waals surface area (Å²) >= 11 is 0. The van der Waals surface area contributed by atoms with E-state index in [0.29, 0.717) is 38.0 Å². The lowest BCUT2D eigenvalue weighted by Crippen LogP contribution is -2.07. The summed E-state index contributed by atoms with van der Waals surface area (Å²) < 4.78 is 9.41. The first-order valence-corrected chi connectivity index (χ1v) is 8.80. The number of ether oxygens (including phenoxy) is 2. The average molecular weight is 316 g/mol. The molecule has 2 atom stereocenters. The van der Waals surface area contributed by atoms with E-state index >= 15 is 0 Å². The van der Waals surface area contributed by atoms with Crippen molar-refractivity contribution in [2.24, 2.45) is 11.8 Å². The van der Waals surface area contributed by atoms with Gasteiger partial charge in [-0.15, -0.1) is 0 Å². The summed E-state index contributed by atoms with van der Waals surface area (Å²) in [4.78, 5) is 19.8. The first-order valence-electron chi connectivity index (χ1n) is 8.80. The molecule has 0 spiro atoms. The minimum absolute atomic E-state index is 0.536. The second-order valence-electron chi connectivity index (χ2n) is 5.69. The number of unbranched alkanes of at least 4 members (excludes halogenated alkanes) is 2. The second-order valence-corrected chi connectivity index (χ2v) is 5.69. The monoisotopic (exact) mass is 316 g/mol. The minimum Gasteiger partial charge on any atom is -0.468 e. The van der Waals surface area contributed by atoms with Crippen molar-refractivity contribution < 1.29 is 19.1 Å². The van der Waals surface area contributed by atoms with Gasteiger partial charge in [-0.05, 0) is 24.7 Å². The Morgan fingerprint density at radius 2 is 1.09 bits per heavy atom. The molecule has 0 heterocycles. The largest absolute Gasteiger partial charge is 0.468 e. The van der Waals surface area contributed by atoms with E-state index in [0.717, 1.165) is 12.8 Å². The normalized spacial score (nSPS) is 12.5. The van der Waals surface area contributed by atoms with Crippen molar-refractivity contribution in [2.45, 2.75) is 79.1 Å². The van der Waals surface area contributed by atoms with Crippen LogP contribution in [-0.4, -0.2) is 26.2 Å². The third-order valence-corrected chi connectivity index (χ3v) is 3.89. The zero-order chi connectivity index (χ0) is 17.1. The van der Waals surface area contributed by atoms with Gasteiger partial charge in [0, 0.05) is 0 Å².